The molecule has 2 aromatic carbocycles. The molecule has 4 aromatic rings. The Bertz CT molecular complexity index is 1720. The zero-order chi connectivity index (χ0) is 27.0. The molecule has 0 aliphatic carbocycles. The van der Waals surface area contributed by atoms with Crippen molar-refractivity contribution in [2.75, 3.05) is 6.79 Å². The zero-order valence-corrected chi connectivity index (χ0v) is 21.5. The number of ether oxygens (including phenoxy) is 3. The minimum atomic E-state index is -4.48. The van der Waals surface area contributed by atoms with Crippen molar-refractivity contribution in [1.82, 2.24) is 14.7 Å². The molecule has 194 valence electrons. The largest absolute Gasteiger partial charge is 0.454 e. The van der Waals surface area contributed by atoms with Crippen LogP contribution in [-0.4, -0.2) is 31.1 Å². The van der Waals surface area contributed by atoms with Gasteiger partial charge in [-0.25, -0.2) is 18.1 Å². The summed E-state index contributed by atoms with van der Waals surface area (Å²) < 4.78 is 44.8. The second-order valence-electron chi connectivity index (χ2n) is 8.72. The number of pyridine rings is 2. The first-order valence-corrected chi connectivity index (χ1v) is 13.0. The Kier molecular flexibility index (Phi) is 6.37. The molecule has 1 amide bonds. The number of aryl methyl sites for hydroxylation is 3. The number of carbonyl (C=O) groups excluding carboxylic acids is 1. The van der Waals surface area contributed by atoms with Gasteiger partial charge in [0.15, 0.2) is 16.4 Å². The third kappa shape index (κ3) is 4.71. The number of carbonyl (C=O) groups is 1. The van der Waals surface area contributed by atoms with Gasteiger partial charge < -0.3 is 19.2 Å². The second-order valence-corrected chi connectivity index (χ2v) is 10.4. The third-order valence-corrected chi connectivity index (χ3v) is 7.23. The lowest BCUT2D eigenvalue weighted by Gasteiger charge is -2.16. The molecule has 0 saturated heterocycles. The highest BCUT2D eigenvalue weighted by atomic mass is 32.2. The highest BCUT2D eigenvalue weighted by Gasteiger charge is 2.26. The van der Waals surface area contributed by atoms with Crippen LogP contribution in [-0.2, 0) is 10.0 Å². The van der Waals surface area contributed by atoms with E-state index in [4.69, 9.17) is 14.2 Å². The molecule has 10 nitrogen and oxygen atoms in total. The Morgan fingerprint density at radius 1 is 1.03 bits per heavy atom. The molecule has 0 saturated carbocycles. The average molecular weight is 534 g/mol. The molecule has 2 N–H and O–H groups in total. The third-order valence-electron chi connectivity index (χ3n) is 5.88. The number of hydrogen-bond donors (Lipinski definition) is 2. The van der Waals surface area contributed by atoms with E-state index in [1.54, 1.807) is 24.3 Å². The fourth-order valence-electron chi connectivity index (χ4n) is 4.25. The van der Waals surface area contributed by atoms with Gasteiger partial charge in [0, 0.05) is 11.8 Å². The Morgan fingerprint density at radius 2 is 1.79 bits per heavy atom. The van der Waals surface area contributed by atoms with E-state index in [0.717, 1.165) is 22.8 Å². The molecular formula is C27H23N3O7S. The lowest BCUT2D eigenvalue weighted by atomic mass is 10.1. The number of amides is 1. The Morgan fingerprint density at radius 3 is 2.53 bits per heavy atom. The SMILES string of the molecule is Cc1cc(C)c(Oc2nc(-c3cccc4c3OCO4)ccc2C(=O)NS(=O)(=O)c2ccc[nH]c2=O)c(C)c1. The highest BCUT2D eigenvalue weighted by Crippen LogP contribution is 2.41. The predicted octanol–water partition coefficient (Wildman–Crippen LogP) is 4.00. The quantitative estimate of drug-likeness (QED) is 0.380. The Labute approximate surface area is 218 Å². The van der Waals surface area contributed by atoms with Gasteiger partial charge >= 0.3 is 0 Å². The number of hydrogen-bond acceptors (Lipinski definition) is 8. The van der Waals surface area contributed by atoms with E-state index < -0.39 is 26.4 Å². The fraction of sp³-hybridized carbons (Fsp3) is 0.148. The molecule has 1 aliphatic rings. The lowest BCUT2D eigenvalue weighted by molar-refractivity contribution is 0.0978. The molecule has 0 bridgehead atoms. The van der Waals surface area contributed by atoms with Crippen LogP contribution in [0.3, 0.4) is 0 Å². The first kappa shape index (κ1) is 25.0. The summed E-state index contributed by atoms with van der Waals surface area (Å²) in [5, 5.41) is 0. The van der Waals surface area contributed by atoms with E-state index in [2.05, 4.69) is 9.97 Å². The van der Waals surface area contributed by atoms with Crippen LogP contribution in [0.15, 0.2) is 70.5 Å². The van der Waals surface area contributed by atoms with Crippen LogP contribution in [0.4, 0.5) is 0 Å². The van der Waals surface area contributed by atoms with Gasteiger partial charge in [-0.2, -0.15) is 0 Å². The van der Waals surface area contributed by atoms with Gasteiger partial charge in [-0.05, 0) is 68.3 Å². The molecule has 38 heavy (non-hydrogen) atoms. The lowest BCUT2D eigenvalue weighted by Crippen LogP contribution is -2.34. The van der Waals surface area contributed by atoms with Crippen molar-refractivity contribution < 1.29 is 27.4 Å². The maximum Gasteiger partial charge on any atom is 0.270 e. The minimum Gasteiger partial charge on any atom is -0.454 e. The Balaban J connectivity index is 1.60. The molecular weight excluding hydrogens is 510 g/mol. The molecule has 11 heteroatoms. The Hall–Kier alpha value is -4.64. The molecule has 0 unspecified atom stereocenters. The summed E-state index contributed by atoms with van der Waals surface area (Å²) in [6.45, 7) is 5.74. The maximum absolute atomic E-state index is 13.2. The number of fused-ring (bicyclic) bond motifs is 1. The number of sulfonamides is 1. The average Bonchev–Trinajstić information content (AvgIpc) is 3.35. The summed E-state index contributed by atoms with van der Waals surface area (Å²) in [4.78, 5) is 31.6. The molecule has 0 fully saturated rings. The first-order valence-electron chi connectivity index (χ1n) is 11.5. The topological polar surface area (TPSA) is 137 Å². The van der Waals surface area contributed by atoms with Gasteiger partial charge in [-0.3, -0.25) is 9.59 Å². The summed E-state index contributed by atoms with van der Waals surface area (Å²) in [6, 6.07) is 14.6. The molecule has 2 aromatic heterocycles. The van der Waals surface area contributed by atoms with Crippen LogP contribution < -0.4 is 24.5 Å². The smallest absolute Gasteiger partial charge is 0.270 e. The fourth-order valence-corrected chi connectivity index (χ4v) is 5.27. The summed E-state index contributed by atoms with van der Waals surface area (Å²) in [6.07, 6.45) is 1.29. The molecule has 5 rings (SSSR count). The van der Waals surface area contributed by atoms with Crippen LogP contribution in [0.5, 0.6) is 23.1 Å². The van der Waals surface area contributed by atoms with Crippen LogP contribution in [0.2, 0.25) is 0 Å². The summed E-state index contributed by atoms with van der Waals surface area (Å²) in [5.41, 5.74) is 2.67. The number of rotatable bonds is 6. The van der Waals surface area contributed by atoms with Crippen LogP contribution >= 0.6 is 0 Å². The van der Waals surface area contributed by atoms with Crippen molar-refractivity contribution in [1.29, 1.82) is 0 Å². The predicted molar refractivity (Wildman–Crippen MR) is 138 cm³/mol. The van der Waals surface area contributed by atoms with Crippen LogP contribution in [0, 0.1) is 20.8 Å². The van der Waals surface area contributed by atoms with Crippen molar-refractivity contribution in [3.05, 3.63) is 93.4 Å². The standard InChI is InChI=1S/C27H23N3O7S/c1-15-12-16(2)23(17(3)13-15)37-27-19(25(31)30-38(33,34)22-8-5-11-28-26(22)32)9-10-20(29-27)18-6-4-7-21-24(18)36-14-35-21/h4-13H,14H2,1-3H3,(H,28,32)(H,30,31). The van der Waals surface area contributed by atoms with Crippen molar-refractivity contribution >= 4 is 15.9 Å². The van der Waals surface area contributed by atoms with E-state index in [1.165, 1.54) is 18.3 Å². The van der Waals surface area contributed by atoms with Crippen LogP contribution in [0.25, 0.3) is 11.3 Å². The van der Waals surface area contributed by atoms with Gasteiger partial charge in [-0.1, -0.05) is 23.8 Å². The monoisotopic (exact) mass is 533 g/mol. The van der Waals surface area contributed by atoms with Gasteiger partial charge in [0.05, 0.1) is 5.69 Å². The number of para-hydroxylation sites is 1. The molecule has 1 aliphatic heterocycles. The summed E-state index contributed by atoms with van der Waals surface area (Å²) in [7, 11) is -4.48. The maximum atomic E-state index is 13.2. The van der Waals surface area contributed by atoms with Crippen molar-refractivity contribution in [2.24, 2.45) is 0 Å². The van der Waals surface area contributed by atoms with Gasteiger partial charge in [-0.15, -0.1) is 0 Å². The number of nitrogens with one attached hydrogen (secondary N) is 2. The first-order chi connectivity index (χ1) is 18.1. The van der Waals surface area contributed by atoms with E-state index in [1.807, 2.05) is 37.6 Å². The number of nitrogens with zero attached hydrogens (tertiary/aromatic N) is 1. The van der Waals surface area contributed by atoms with Crippen molar-refractivity contribution in [3.8, 4) is 34.4 Å². The summed E-state index contributed by atoms with van der Waals surface area (Å²) >= 11 is 0. The van der Waals surface area contributed by atoms with Crippen molar-refractivity contribution in [3.63, 3.8) is 0 Å². The van der Waals surface area contributed by atoms with Gasteiger partial charge in [0.2, 0.25) is 12.7 Å². The second kappa shape index (κ2) is 9.67. The van der Waals surface area contributed by atoms with E-state index in [0.29, 0.717) is 28.5 Å². The van der Waals surface area contributed by atoms with Gasteiger partial charge in [0.25, 0.3) is 21.5 Å². The molecule has 3 heterocycles. The molecule has 0 radical (unpaired) electrons. The number of aromatic nitrogens is 2. The number of benzene rings is 2. The number of H-pyrrole nitrogens is 1. The molecule has 0 atom stereocenters. The highest BCUT2D eigenvalue weighted by molar-refractivity contribution is 7.90. The van der Waals surface area contributed by atoms with Gasteiger partial charge in [0.1, 0.15) is 11.3 Å². The van der Waals surface area contributed by atoms with Crippen molar-refractivity contribution in [2.45, 2.75) is 25.7 Å². The van der Waals surface area contributed by atoms with E-state index in [9.17, 15) is 18.0 Å². The minimum absolute atomic E-state index is 0.0639. The zero-order valence-electron chi connectivity index (χ0n) is 20.7. The van der Waals surface area contributed by atoms with Crippen LogP contribution in [0.1, 0.15) is 27.0 Å². The van der Waals surface area contributed by atoms with E-state index >= 15 is 0 Å². The normalized spacial score (nSPS) is 12.3. The number of aromatic amines is 1. The van der Waals surface area contributed by atoms with E-state index in [-0.39, 0.29) is 18.2 Å². The molecule has 0 spiro atoms. The summed E-state index contributed by atoms with van der Waals surface area (Å²) in [5.74, 6) is 0.399.